The van der Waals surface area contributed by atoms with Crippen molar-refractivity contribution in [3.63, 3.8) is 0 Å². The van der Waals surface area contributed by atoms with Gasteiger partial charge >= 0.3 is 0 Å². The van der Waals surface area contributed by atoms with Crippen molar-refractivity contribution >= 4 is 33.8 Å². The number of pyridine rings is 1. The number of nitrogens with zero attached hydrogens (tertiary/aromatic N) is 3. The summed E-state index contributed by atoms with van der Waals surface area (Å²) in [7, 11) is 1.66. The second-order valence-corrected chi connectivity index (χ2v) is 8.71. The van der Waals surface area contributed by atoms with E-state index in [9.17, 15) is 0 Å². The largest absolute Gasteiger partial charge is 0.491 e. The van der Waals surface area contributed by atoms with E-state index in [1.54, 1.807) is 29.8 Å². The fourth-order valence-corrected chi connectivity index (χ4v) is 4.71. The number of benzene rings is 1. The van der Waals surface area contributed by atoms with E-state index < -0.39 is 0 Å². The minimum Gasteiger partial charge on any atom is -0.491 e. The average molecular weight is 446 g/mol. The first-order valence-corrected chi connectivity index (χ1v) is 11.6. The topological polar surface area (TPSA) is 57.1 Å². The van der Waals surface area contributed by atoms with Crippen LogP contribution in [0.25, 0.3) is 43.4 Å². The van der Waals surface area contributed by atoms with E-state index in [4.69, 9.17) is 19.4 Å². The predicted molar refractivity (Wildman–Crippen MR) is 127 cm³/mol. The van der Waals surface area contributed by atoms with Crippen LogP contribution in [0.1, 0.15) is 0 Å². The van der Waals surface area contributed by atoms with E-state index in [0.29, 0.717) is 18.9 Å². The third-order valence-corrected chi connectivity index (χ3v) is 6.51. The highest BCUT2D eigenvalue weighted by Gasteiger charge is 2.16. The molecular formula is C24H19N3O2S2. The lowest BCUT2D eigenvalue weighted by atomic mass is 10.1. The Bertz CT molecular complexity index is 1300. The SMILES string of the molecule is COCCOc1cccc(-c2cnc3nc(-c4cccs4)c(-c4cccs4)nc3c2)c1. The summed E-state index contributed by atoms with van der Waals surface area (Å²) in [5.41, 5.74) is 5.16. The Morgan fingerprint density at radius 3 is 2.29 bits per heavy atom. The van der Waals surface area contributed by atoms with Gasteiger partial charge < -0.3 is 9.47 Å². The van der Waals surface area contributed by atoms with Crippen LogP contribution in [0.2, 0.25) is 0 Å². The number of fused-ring (bicyclic) bond motifs is 1. The summed E-state index contributed by atoms with van der Waals surface area (Å²) < 4.78 is 10.8. The highest BCUT2D eigenvalue weighted by molar-refractivity contribution is 7.14. The molecule has 1 aromatic carbocycles. The molecule has 0 aliphatic rings. The Labute approximate surface area is 188 Å². The van der Waals surface area contributed by atoms with Crippen LogP contribution in [-0.4, -0.2) is 35.3 Å². The Balaban J connectivity index is 1.57. The highest BCUT2D eigenvalue weighted by atomic mass is 32.1. The molecule has 5 rings (SSSR count). The summed E-state index contributed by atoms with van der Waals surface area (Å²) in [6.45, 7) is 1.06. The fraction of sp³-hybridized carbons (Fsp3) is 0.125. The van der Waals surface area contributed by atoms with Crippen LogP contribution in [0.4, 0.5) is 0 Å². The number of rotatable bonds is 7. The number of thiophene rings is 2. The Morgan fingerprint density at radius 1 is 0.806 bits per heavy atom. The molecule has 0 saturated heterocycles. The Hall–Kier alpha value is -3.13. The molecule has 0 bridgehead atoms. The van der Waals surface area contributed by atoms with Crippen molar-refractivity contribution in [3.8, 4) is 38.0 Å². The second-order valence-electron chi connectivity index (χ2n) is 6.81. The predicted octanol–water partition coefficient (Wildman–Crippen LogP) is 6.17. The van der Waals surface area contributed by atoms with Crippen LogP contribution in [0.15, 0.2) is 71.6 Å². The maximum absolute atomic E-state index is 5.75. The molecule has 0 spiro atoms. The third kappa shape index (κ3) is 4.20. The molecule has 0 fully saturated rings. The summed E-state index contributed by atoms with van der Waals surface area (Å²) in [5, 5.41) is 4.11. The molecule has 0 amide bonds. The Kier molecular flexibility index (Phi) is 5.71. The van der Waals surface area contributed by atoms with Crippen molar-refractivity contribution in [1.82, 2.24) is 15.0 Å². The number of aromatic nitrogens is 3. The van der Waals surface area contributed by atoms with Crippen molar-refractivity contribution in [3.05, 3.63) is 71.6 Å². The highest BCUT2D eigenvalue weighted by Crippen LogP contribution is 2.35. The monoisotopic (exact) mass is 445 g/mol. The van der Waals surface area contributed by atoms with Gasteiger partial charge in [-0.2, -0.15) is 0 Å². The fourth-order valence-electron chi connectivity index (χ4n) is 3.28. The molecule has 0 unspecified atom stereocenters. The standard InChI is InChI=1S/C24H19N3O2S2/c1-28-9-10-29-18-6-2-5-16(13-18)17-14-19-24(25-15-17)27-23(21-8-4-12-31-21)22(26-19)20-7-3-11-30-20/h2-8,11-15H,9-10H2,1H3. The van der Waals surface area contributed by atoms with Gasteiger partial charge in [0.1, 0.15) is 29.3 Å². The van der Waals surface area contributed by atoms with Crippen LogP contribution in [0.3, 0.4) is 0 Å². The molecule has 0 radical (unpaired) electrons. The lowest BCUT2D eigenvalue weighted by Crippen LogP contribution is -2.04. The second kappa shape index (κ2) is 8.93. The zero-order valence-electron chi connectivity index (χ0n) is 16.8. The molecule has 5 aromatic rings. The van der Waals surface area contributed by atoms with Gasteiger partial charge in [-0.05, 0) is 46.7 Å². The van der Waals surface area contributed by atoms with Crippen LogP contribution in [0, 0.1) is 0 Å². The molecule has 154 valence electrons. The van der Waals surface area contributed by atoms with Gasteiger partial charge in [0.15, 0.2) is 5.65 Å². The number of hydrogen-bond donors (Lipinski definition) is 0. The zero-order chi connectivity index (χ0) is 21.0. The maximum Gasteiger partial charge on any atom is 0.178 e. The number of ether oxygens (including phenoxy) is 2. The van der Waals surface area contributed by atoms with E-state index in [2.05, 4.69) is 27.9 Å². The van der Waals surface area contributed by atoms with Crippen molar-refractivity contribution in [2.75, 3.05) is 20.3 Å². The number of methoxy groups -OCH3 is 1. The van der Waals surface area contributed by atoms with Crippen molar-refractivity contribution in [2.45, 2.75) is 0 Å². The van der Waals surface area contributed by atoms with E-state index >= 15 is 0 Å². The van der Waals surface area contributed by atoms with E-state index in [-0.39, 0.29) is 0 Å². The number of hydrogen-bond acceptors (Lipinski definition) is 7. The average Bonchev–Trinajstić information content (AvgIpc) is 3.53. The quantitative estimate of drug-likeness (QED) is 0.280. The van der Waals surface area contributed by atoms with Gasteiger partial charge in [0.2, 0.25) is 0 Å². The van der Waals surface area contributed by atoms with Crippen LogP contribution in [0.5, 0.6) is 5.75 Å². The molecule has 4 aromatic heterocycles. The van der Waals surface area contributed by atoms with Gasteiger partial charge in [-0.25, -0.2) is 15.0 Å². The molecule has 5 nitrogen and oxygen atoms in total. The summed E-state index contributed by atoms with van der Waals surface area (Å²) in [6.07, 6.45) is 1.84. The first kappa shape index (κ1) is 19.8. The lowest BCUT2D eigenvalue weighted by molar-refractivity contribution is 0.146. The van der Waals surface area contributed by atoms with Crippen LogP contribution >= 0.6 is 22.7 Å². The smallest absolute Gasteiger partial charge is 0.178 e. The van der Waals surface area contributed by atoms with Crippen molar-refractivity contribution in [1.29, 1.82) is 0 Å². The summed E-state index contributed by atoms with van der Waals surface area (Å²) in [6, 6.07) is 18.2. The zero-order valence-corrected chi connectivity index (χ0v) is 18.5. The molecule has 0 N–H and O–H groups in total. The van der Waals surface area contributed by atoms with Gasteiger partial charge in [0.25, 0.3) is 0 Å². The van der Waals surface area contributed by atoms with Gasteiger partial charge in [-0.1, -0.05) is 24.3 Å². The first-order chi connectivity index (χ1) is 15.3. The van der Waals surface area contributed by atoms with Gasteiger partial charge in [0.05, 0.1) is 16.4 Å². The third-order valence-electron chi connectivity index (χ3n) is 4.75. The van der Waals surface area contributed by atoms with Crippen LogP contribution < -0.4 is 4.74 Å². The minimum absolute atomic E-state index is 0.511. The summed E-state index contributed by atoms with van der Waals surface area (Å²) >= 11 is 3.32. The molecule has 0 aliphatic carbocycles. The van der Waals surface area contributed by atoms with Crippen molar-refractivity contribution < 1.29 is 9.47 Å². The molecule has 0 aliphatic heterocycles. The summed E-state index contributed by atoms with van der Waals surface area (Å²) in [5.74, 6) is 0.799. The molecule has 0 atom stereocenters. The summed E-state index contributed by atoms with van der Waals surface area (Å²) in [4.78, 5) is 16.7. The van der Waals surface area contributed by atoms with Gasteiger partial charge in [-0.3, -0.25) is 0 Å². The van der Waals surface area contributed by atoms with E-state index in [1.165, 1.54) is 0 Å². The molecule has 4 heterocycles. The Morgan fingerprint density at radius 2 is 1.58 bits per heavy atom. The van der Waals surface area contributed by atoms with Gasteiger partial charge in [-0.15, -0.1) is 22.7 Å². The maximum atomic E-state index is 5.75. The molecular weight excluding hydrogens is 426 g/mol. The first-order valence-electron chi connectivity index (χ1n) is 9.79. The molecule has 31 heavy (non-hydrogen) atoms. The molecule has 0 saturated carbocycles. The molecule has 7 heteroatoms. The minimum atomic E-state index is 0.511. The van der Waals surface area contributed by atoms with Crippen LogP contribution in [-0.2, 0) is 4.74 Å². The van der Waals surface area contributed by atoms with Gasteiger partial charge in [0, 0.05) is 18.9 Å². The normalized spacial score (nSPS) is 11.1. The van der Waals surface area contributed by atoms with E-state index in [1.807, 2.05) is 48.7 Å². The lowest BCUT2D eigenvalue weighted by Gasteiger charge is -2.10. The van der Waals surface area contributed by atoms with E-state index in [0.717, 1.165) is 43.5 Å². The van der Waals surface area contributed by atoms with Crippen molar-refractivity contribution in [2.24, 2.45) is 0 Å².